The highest BCUT2D eigenvalue weighted by atomic mass is 19.2. The lowest BCUT2D eigenvalue weighted by Crippen LogP contribution is -2.42. The number of urea groups is 1. The first-order valence-corrected chi connectivity index (χ1v) is 11.8. The van der Waals surface area contributed by atoms with Gasteiger partial charge in [0.15, 0.2) is 11.6 Å². The van der Waals surface area contributed by atoms with Gasteiger partial charge in [0, 0.05) is 26.1 Å². The lowest BCUT2D eigenvalue weighted by atomic mass is 9.94. The Morgan fingerprint density at radius 1 is 1.16 bits per heavy atom. The Morgan fingerprint density at radius 2 is 1.95 bits per heavy atom. The van der Waals surface area contributed by atoms with Crippen LogP contribution in [0.2, 0.25) is 0 Å². The Bertz CT molecular complexity index is 1280. The van der Waals surface area contributed by atoms with Crippen molar-refractivity contribution in [1.82, 2.24) is 20.0 Å². The average molecular weight is 511 g/mol. The lowest BCUT2D eigenvalue weighted by Gasteiger charge is -2.21. The molecule has 1 aliphatic heterocycles. The topological polar surface area (TPSA) is 104 Å². The van der Waals surface area contributed by atoms with Crippen molar-refractivity contribution in [1.29, 1.82) is 5.26 Å². The standard InChI is InChI=1S/C26H28F2N6O3/c1-17-24(34(19-6-4-3-5-7-19)32-25(17)37-13-12-36-2)31-26(35)30-23-16-33(11-10-29)15-20(23)18-8-9-21(27)22(28)14-18/h3-9,14,20,23H,11-13,15-16H2,1-2H3,(H2,30,31,35)/t20-,23+/m0/s1. The summed E-state index contributed by atoms with van der Waals surface area (Å²) in [4.78, 5) is 15.1. The van der Waals surface area contributed by atoms with E-state index in [0.717, 1.165) is 17.8 Å². The van der Waals surface area contributed by atoms with Crippen molar-refractivity contribution in [2.24, 2.45) is 0 Å². The van der Waals surface area contributed by atoms with Gasteiger partial charge in [-0.15, -0.1) is 5.10 Å². The molecule has 2 atom stereocenters. The molecular formula is C26H28F2N6O3. The molecule has 0 radical (unpaired) electrons. The summed E-state index contributed by atoms with van der Waals surface area (Å²) in [6.07, 6.45) is 0. The number of aromatic nitrogens is 2. The smallest absolute Gasteiger partial charge is 0.320 e. The van der Waals surface area contributed by atoms with Gasteiger partial charge in [0.05, 0.1) is 36.5 Å². The van der Waals surface area contributed by atoms with Crippen LogP contribution in [0.3, 0.4) is 0 Å². The van der Waals surface area contributed by atoms with Gasteiger partial charge in [-0.25, -0.2) is 18.3 Å². The molecule has 2 heterocycles. The molecule has 2 N–H and O–H groups in total. The van der Waals surface area contributed by atoms with E-state index < -0.39 is 23.7 Å². The molecule has 1 aromatic heterocycles. The van der Waals surface area contributed by atoms with E-state index in [4.69, 9.17) is 14.7 Å². The third-order valence-electron chi connectivity index (χ3n) is 6.22. The Morgan fingerprint density at radius 3 is 2.65 bits per heavy atom. The van der Waals surface area contributed by atoms with E-state index in [2.05, 4.69) is 21.8 Å². The van der Waals surface area contributed by atoms with E-state index >= 15 is 0 Å². The first-order valence-electron chi connectivity index (χ1n) is 11.8. The van der Waals surface area contributed by atoms with Gasteiger partial charge in [-0.2, -0.15) is 5.26 Å². The van der Waals surface area contributed by atoms with Crippen LogP contribution in [-0.2, 0) is 4.74 Å². The zero-order chi connectivity index (χ0) is 26.4. The van der Waals surface area contributed by atoms with E-state index in [9.17, 15) is 13.6 Å². The van der Waals surface area contributed by atoms with Crippen LogP contribution in [0.1, 0.15) is 17.0 Å². The van der Waals surface area contributed by atoms with Crippen molar-refractivity contribution < 1.29 is 23.0 Å². The van der Waals surface area contributed by atoms with Gasteiger partial charge in [0.2, 0.25) is 5.88 Å². The molecule has 2 amide bonds. The molecule has 4 rings (SSSR count). The van der Waals surface area contributed by atoms with E-state index in [-0.39, 0.29) is 12.5 Å². The molecule has 1 fully saturated rings. The molecular weight excluding hydrogens is 482 g/mol. The van der Waals surface area contributed by atoms with E-state index in [0.29, 0.717) is 49.1 Å². The van der Waals surface area contributed by atoms with Crippen molar-refractivity contribution in [3.05, 3.63) is 71.3 Å². The normalized spacial score (nSPS) is 17.4. The number of nitrogens with one attached hydrogen (secondary N) is 2. The number of benzene rings is 2. The molecule has 0 aliphatic carbocycles. The monoisotopic (exact) mass is 510 g/mol. The zero-order valence-corrected chi connectivity index (χ0v) is 20.6. The molecule has 1 saturated heterocycles. The second-order valence-electron chi connectivity index (χ2n) is 8.70. The number of hydrogen-bond donors (Lipinski definition) is 2. The maximum atomic E-state index is 13.9. The maximum Gasteiger partial charge on any atom is 0.320 e. The second-order valence-corrected chi connectivity index (χ2v) is 8.70. The molecule has 3 aromatic rings. The summed E-state index contributed by atoms with van der Waals surface area (Å²) in [7, 11) is 1.57. The highest BCUT2D eigenvalue weighted by Gasteiger charge is 2.35. The van der Waals surface area contributed by atoms with Crippen LogP contribution in [0.15, 0.2) is 48.5 Å². The number of anilines is 1. The van der Waals surface area contributed by atoms with Crippen LogP contribution in [0.25, 0.3) is 5.69 Å². The number of ether oxygens (including phenoxy) is 2. The fourth-order valence-electron chi connectivity index (χ4n) is 4.39. The van der Waals surface area contributed by atoms with E-state index in [1.807, 2.05) is 35.2 Å². The summed E-state index contributed by atoms with van der Waals surface area (Å²) in [6, 6.07) is 14.2. The van der Waals surface area contributed by atoms with Gasteiger partial charge in [-0.1, -0.05) is 24.3 Å². The van der Waals surface area contributed by atoms with E-state index in [1.54, 1.807) is 18.7 Å². The van der Waals surface area contributed by atoms with Crippen molar-refractivity contribution in [2.45, 2.75) is 18.9 Å². The van der Waals surface area contributed by atoms with Crippen molar-refractivity contribution >= 4 is 11.8 Å². The van der Waals surface area contributed by atoms with Crippen molar-refractivity contribution in [3.8, 4) is 17.6 Å². The van der Waals surface area contributed by atoms with Crippen LogP contribution in [0.4, 0.5) is 19.4 Å². The summed E-state index contributed by atoms with van der Waals surface area (Å²) in [6.45, 7) is 3.42. The largest absolute Gasteiger partial charge is 0.474 e. The molecule has 0 bridgehead atoms. The predicted octanol–water partition coefficient (Wildman–Crippen LogP) is 3.60. The van der Waals surface area contributed by atoms with Gasteiger partial charge >= 0.3 is 6.03 Å². The minimum Gasteiger partial charge on any atom is -0.474 e. The summed E-state index contributed by atoms with van der Waals surface area (Å²) in [5, 5.41) is 19.5. The van der Waals surface area contributed by atoms with Crippen LogP contribution >= 0.6 is 0 Å². The van der Waals surface area contributed by atoms with Crippen LogP contribution in [0.5, 0.6) is 5.88 Å². The molecule has 2 aromatic carbocycles. The molecule has 1 aliphatic rings. The quantitative estimate of drug-likeness (QED) is 0.337. The number of carbonyl (C=O) groups is 1. The van der Waals surface area contributed by atoms with Crippen LogP contribution < -0.4 is 15.4 Å². The Kier molecular flexibility index (Phi) is 8.32. The second kappa shape index (κ2) is 11.8. The summed E-state index contributed by atoms with van der Waals surface area (Å²) < 4.78 is 39.8. The van der Waals surface area contributed by atoms with Crippen molar-refractivity contribution in [3.63, 3.8) is 0 Å². The number of hydrogen-bond acceptors (Lipinski definition) is 6. The van der Waals surface area contributed by atoms with Crippen LogP contribution in [-0.4, -0.2) is 66.7 Å². The number of methoxy groups -OCH3 is 1. The number of carbonyl (C=O) groups excluding carboxylic acids is 1. The predicted molar refractivity (Wildman–Crippen MR) is 133 cm³/mol. The molecule has 0 unspecified atom stereocenters. The fourth-order valence-corrected chi connectivity index (χ4v) is 4.39. The third kappa shape index (κ3) is 6.04. The minimum absolute atomic E-state index is 0.155. The molecule has 0 saturated carbocycles. The van der Waals surface area contributed by atoms with Crippen LogP contribution in [0, 0.1) is 29.9 Å². The zero-order valence-electron chi connectivity index (χ0n) is 20.6. The lowest BCUT2D eigenvalue weighted by molar-refractivity contribution is 0.143. The van der Waals surface area contributed by atoms with Gasteiger partial charge in [-0.3, -0.25) is 10.2 Å². The Balaban J connectivity index is 1.56. The van der Waals surface area contributed by atoms with E-state index in [1.165, 1.54) is 6.07 Å². The van der Waals surface area contributed by atoms with Gasteiger partial charge in [0.1, 0.15) is 12.4 Å². The molecule has 194 valence electrons. The fraction of sp³-hybridized carbons (Fsp3) is 0.346. The number of rotatable bonds is 9. The highest BCUT2D eigenvalue weighted by Crippen LogP contribution is 2.30. The SMILES string of the molecule is COCCOc1nn(-c2ccccc2)c(NC(=O)N[C@@H]2CN(CC#N)C[C@H]2c2ccc(F)c(F)c2)c1C. The number of likely N-dealkylation sites (tertiary alicyclic amines) is 1. The summed E-state index contributed by atoms with van der Waals surface area (Å²) in [5.74, 6) is -1.44. The maximum absolute atomic E-state index is 13.9. The number of amides is 2. The summed E-state index contributed by atoms with van der Waals surface area (Å²) >= 11 is 0. The van der Waals surface area contributed by atoms with Crippen molar-refractivity contribution in [2.75, 3.05) is 45.3 Å². The summed E-state index contributed by atoms with van der Waals surface area (Å²) in [5.41, 5.74) is 1.90. The minimum atomic E-state index is -0.956. The average Bonchev–Trinajstić information content (AvgIpc) is 3.42. The molecule has 9 nitrogen and oxygen atoms in total. The third-order valence-corrected chi connectivity index (χ3v) is 6.22. The number of para-hydroxylation sites is 1. The molecule has 11 heteroatoms. The molecule has 37 heavy (non-hydrogen) atoms. The van der Waals surface area contributed by atoms with Gasteiger partial charge in [0.25, 0.3) is 0 Å². The Hall–Kier alpha value is -4.01. The highest BCUT2D eigenvalue weighted by molar-refractivity contribution is 5.90. The number of halogens is 2. The number of nitrogens with zero attached hydrogens (tertiary/aromatic N) is 4. The number of nitriles is 1. The first-order chi connectivity index (χ1) is 17.9. The Labute approximate surface area is 213 Å². The first kappa shape index (κ1) is 26.1. The van der Waals surface area contributed by atoms with Gasteiger partial charge < -0.3 is 14.8 Å². The van der Waals surface area contributed by atoms with Gasteiger partial charge in [-0.05, 0) is 36.8 Å². The molecule has 0 spiro atoms.